The van der Waals surface area contributed by atoms with Crippen molar-refractivity contribution in [1.29, 1.82) is 0 Å². The molecular weight excluding hydrogens is 308 g/mol. The Balaban J connectivity index is 2.10. The highest BCUT2D eigenvalue weighted by Gasteiger charge is 2.24. The maximum absolute atomic E-state index is 12.6. The Morgan fingerprint density at radius 1 is 1.25 bits per heavy atom. The quantitative estimate of drug-likeness (QED) is 0.674. The van der Waals surface area contributed by atoms with Crippen LogP contribution in [0.3, 0.4) is 0 Å². The van der Waals surface area contributed by atoms with Crippen molar-refractivity contribution in [1.82, 2.24) is 19.5 Å². The van der Waals surface area contributed by atoms with Gasteiger partial charge in [0.15, 0.2) is 5.69 Å². The highest BCUT2D eigenvalue weighted by atomic mass is 16.2. The molecule has 0 aliphatic rings. The zero-order valence-electron chi connectivity index (χ0n) is 13.2. The maximum Gasteiger partial charge on any atom is 0.277 e. The SMILES string of the molecule is Cc1ccc(-n2cnc(C(N)=O)c2C(=O)Nc2ncc[nH]2)c(C)c1. The molecule has 8 nitrogen and oxygen atoms in total. The zero-order valence-corrected chi connectivity index (χ0v) is 13.2. The molecule has 0 fully saturated rings. The van der Waals surface area contributed by atoms with Crippen LogP contribution in [0.4, 0.5) is 5.95 Å². The monoisotopic (exact) mass is 324 g/mol. The summed E-state index contributed by atoms with van der Waals surface area (Å²) in [6.07, 6.45) is 4.49. The van der Waals surface area contributed by atoms with Crippen LogP contribution in [0.25, 0.3) is 5.69 Å². The van der Waals surface area contributed by atoms with Crippen LogP contribution < -0.4 is 11.1 Å². The van der Waals surface area contributed by atoms with Gasteiger partial charge in [-0.2, -0.15) is 0 Å². The Kier molecular flexibility index (Phi) is 3.87. The number of hydrogen-bond acceptors (Lipinski definition) is 4. The predicted molar refractivity (Wildman–Crippen MR) is 88.1 cm³/mol. The summed E-state index contributed by atoms with van der Waals surface area (Å²) in [6, 6.07) is 5.76. The van der Waals surface area contributed by atoms with Crippen molar-refractivity contribution >= 4 is 17.8 Å². The standard InChI is InChI=1S/C16H16N6O2/c1-9-3-4-11(10(2)7-9)22-8-20-12(14(17)23)13(22)15(24)21-16-18-5-6-19-16/h3-8H,1-2H3,(H2,17,23)(H2,18,19,21,24). The van der Waals surface area contributed by atoms with E-state index >= 15 is 0 Å². The number of imidazole rings is 2. The molecule has 0 saturated heterocycles. The smallest absolute Gasteiger partial charge is 0.277 e. The summed E-state index contributed by atoms with van der Waals surface area (Å²) in [4.78, 5) is 35.0. The number of anilines is 1. The van der Waals surface area contributed by atoms with E-state index in [4.69, 9.17) is 5.73 Å². The molecule has 0 spiro atoms. The van der Waals surface area contributed by atoms with Gasteiger partial charge in [-0.05, 0) is 25.5 Å². The molecule has 0 bridgehead atoms. The number of primary amides is 1. The summed E-state index contributed by atoms with van der Waals surface area (Å²) >= 11 is 0. The van der Waals surface area contributed by atoms with Crippen molar-refractivity contribution in [3.63, 3.8) is 0 Å². The van der Waals surface area contributed by atoms with E-state index in [1.165, 1.54) is 12.5 Å². The highest BCUT2D eigenvalue weighted by molar-refractivity contribution is 6.09. The van der Waals surface area contributed by atoms with Crippen molar-refractivity contribution in [3.05, 3.63) is 59.4 Å². The topological polar surface area (TPSA) is 119 Å². The molecule has 0 radical (unpaired) electrons. The number of amides is 2. The number of carbonyl (C=O) groups is 2. The second-order valence-electron chi connectivity index (χ2n) is 5.36. The van der Waals surface area contributed by atoms with Gasteiger partial charge in [-0.1, -0.05) is 17.7 Å². The molecule has 0 saturated carbocycles. The van der Waals surface area contributed by atoms with Crippen LogP contribution >= 0.6 is 0 Å². The van der Waals surface area contributed by atoms with E-state index in [1.807, 2.05) is 32.0 Å². The third-order valence-corrected chi connectivity index (χ3v) is 3.56. The number of H-pyrrole nitrogens is 1. The van der Waals surface area contributed by atoms with E-state index in [1.54, 1.807) is 10.8 Å². The zero-order chi connectivity index (χ0) is 17.3. The van der Waals surface area contributed by atoms with Crippen LogP contribution in [-0.4, -0.2) is 31.3 Å². The average molecular weight is 324 g/mol. The first-order chi connectivity index (χ1) is 11.5. The first-order valence-corrected chi connectivity index (χ1v) is 7.23. The van der Waals surface area contributed by atoms with Gasteiger partial charge >= 0.3 is 0 Å². The molecule has 3 rings (SSSR count). The van der Waals surface area contributed by atoms with Gasteiger partial charge < -0.3 is 10.7 Å². The molecule has 0 aliphatic heterocycles. The largest absolute Gasteiger partial charge is 0.364 e. The van der Waals surface area contributed by atoms with Crippen molar-refractivity contribution in [3.8, 4) is 5.69 Å². The lowest BCUT2D eigenvalue weighted by atomic mass is 10.1. The summed E-state index contributed by atoms with van der Waals surface area (Å²) in [5, 5.41) is 2.59. The molecule has 0 atom stereocenters. The van der Waals surface area contributed by atoms with Gasteiger partial charge in [-0.25, -0.2) is 9.97 Å². The summed E-state index contributed by atoms with van der Waals surface area (Å²) < 4.78 is 1.55. The van der Waals surface area contributed by atoms with Gasteiger partial charge in [0.05, 0.1) is 5.69 Å². The first-order valence-electron chi connectivity index (χ1n) is 7.23. The Morgan fingerprint density at radius 2 is 2.04 bits per heavy atom. The molecule has 2 aromatic heterocycles. The maximum atomic E-state index is 12.6. The van der Waals surface area contributed by atoms with Crippen LogP contribution in [0.2, 0.25) is 0 Å². The summed E-state index contributed by atoms with van der Waals surface area (Å²) in [6.45, 7) is 3.89. The molecule has 24 heavy (non-hydrogen) atoms. The van der Waals surface area contributed by atoms with E-state index in [2.05, 4.69) is 20.3 Å². The minimum absolute atomic E-state index is 0.0610. The lowest BCUT2D eigenvalue weighted by Crippen LogP contribution is -2.23. The molecule has 2 amide bonds. The second-order valence-corrected chi connectivity index (χ2v) is 5.36. The normalized spacial score (nSPS) is 10.6. The Labute approximate surface area is 137 Å². The summed E-state index contributed by atoms with van der Waals surface area (Å²) in [5.41, 5.74) is 8.10. The Morgan fingerprint density at radius 3 is 2.67 bits per heavy atom. The summed E-state index contributed by atoms with van der Waals surface area (Å²) in [7, 11) is 0. The number of hydrogen-bond donors (Lipinski definition) is 3. The fraction of sp³-hybridized carbons (Fsp3) is 0.125. The molecule has 8 heteroatoms. The van der Waals surface area contributed by atoms with Crippen LogP contribution in [0.1, 0.15) is 32.1 Å². The minimum atomic E-state index is -0.775. The summed E-state index contributed by atoms with van der Waals surface area (Å²) in [5.74, 6) is -1.04. The van der Waals surface area contributed by atoms with Gasteiger partial charge in [0.1, 0.15) is 12.0 Å². The van der Waals surface area contributed by atoms with Crippen LogP contribution in [0.15, 0.2) is 36.9 Å². The van der Waals surface area contributed by atoms with Gasteiger partial charge in [0, 0.05) is 12.4 Å². The molecule has 122 valence electrons. The first kappa shape index (κ1) is 15.5. The van der Waals surface area contributed by atoms with Gasteiger partial charge in [0.25, 0.3) is 11.8 Å². The van der Waals surface area contributed by atoms with Crippen molar-refractivity contribution in [2.45, 2.75) is 13.8 Å². The van der Waals surface area contributed by atoms with Crippen molar-refractivity contribution in [2.75, 3.05) is 5.32 Å². The second kappa shape index (κ2) is 5.99. The van der Waals surface area contributed by atoms with Gasteiger partial charge in [-0.15, -0.1) is 0 Å². The molecular formula is C16H16N6O2. The lowest BCUT2D eigenvalue weighted by Gasteiger charge is -2.12. The van der Waals surface area contributed by atoms with Crippen LogP contribution in [-0.2, 0) is 0 Å². The fourth-order valence-corrected chi connectivity index (χ4v) is 2.50. The third kappa shape index (κ3) is 2.76. The van der Waals surface area contributed by atoms with E-state index in [0.717, 1.165) is 16.8 Å². The van der Waals surface area contributed by atoms with Crippen LogP contribution in [0.5, 0.6) is 0 Å². The molecule has 0 unspecified atom stereocenters. The third-order valence-electron chi connectivity index (χ3n) is 3.56. The number of aryl methyl sites for hydroxylation is 2. The Bertz CT molecular complexity index is 911. The molecule has 0 aliphatic carbocycles. The number of nitrogens with one attached hydrogen (secondary N) is 2. The van der Waals surface area contributed by atoms with E-state index in [0.29, 0.717) is 0 Å². The fourth-order valence-electron chi connectivity index (χ4n) is 2.50. The number of nitrogens with two attached hydrogens (primary N) is 1. The van der Waals surface area contributed by atoms with Gasteiger partial charge in [-0.3, -0.25) is 19.5 Å². The predicted octanol–water partition coefficient (Wildman–Crippen LogP) is 1.56. The number of carbonyl (C=O) groups excluding carboxylic acids is 2. The minimum Gasteiger partial charge on any atom is -0.364 e. The number of rotatable bonds is 4. The number of nitrogens with zero attached hydrogens (tertiary/aromatic N) is 3. The highest BCUT2D eigenvalue weighted by Crippen LogP contribution is 2.20. The molecule has 4 N–H and O–H groups in total. The Hall–Kier alpha value is -3.42. The molecule has 1 aromatic carbocycles. The molecule has 3 aromatic rings. The number of aromatic amines is 1. The van der Waals surface area contributed by atoms with E-state index < -0.39 is 11.8 Å². The number of aromatic nitrogens is 4. The average Bonchev–Trinajstić information content (AvgIpc) is 3.16. The van der Waals surface area contributed by atoms with E-state index in [-0.39, 0.29) is 17.3 Å². The van der Waals surface area contributed by atoms with E-state index in [9.17, 15) is 9.59 Å². The van der Waals surface area contributed by atoms with Crippen molar-refractivity contribution < 1.29 is 9.59 Å². The van der Waals surface area contributed by atoms with Crippen LogP contribution in [0, 0.1) is 13.8 Å². The molecule has 2 heterocycles. The van der Waals surface area contributed by atoms with Crippen molar-refractivity contribution in [2.24, 2.45) is 5.73 Å². The van der Waals surface area contributed by atoms with Gasteiger partial charge in [0.2, 0.25) is 5.95 Å². The lowest BCUT2D eigenvalue weighted by molar-refractivity contribution is 0.0970. The number of benzene rings is 1.